The minimum Gasteiger partial charge on any atom is -0.444 e. The van der Waals surface area contributed by atoms with E-state index in [2.05, 4.69) is 10.3 Å². The summed E-state index contributed by atoms with van der Waals surface area (Å²) in [5.41, 5.74) is -0.423. The van der Waals surface area contributed by atoms with Crippen LogP contribution in [0.1, 0.15) is 41.7 Å². The topological polar surface area (TPSA) is 75.4 Å². The molecule has 0 aliphatic carbocycles. The van der Waals surface area contributed by atoms with Gasteiger partial charge in [-0.15, -0.1) is 11.3 Å². The third-order valence-electron chi connectivity index (χ3n) is 5.92. The van der Waals surface area contributed by atoms with Crippen molar-refractivity contribution >= 4 is 17.2 Å². The van der Waals surface area contributed by atoms with Gasteiger partial charge < -0.3 is 14.8 Å². The molecule has 1 amide bonds. The Morgan fingerprint density at radius 3 is 2.50 bits per heavy atom. The number of thiophene rings is 1. The summed E-state index contributed by atoms with van der Waals surface area (Å²) in [5.74, 6) is -0.293. The van der Waals surface area contributed by atoms with Crippen molar-refractivity contribution in [1.29, 1.82) is 0 Å². The minimum atomic E-state index is -2.92. The van der Waals surface area contributed by atoms with Gasteiger partial charge in [0.05, 0.1) is 5.69 Å². The Balaban J connectivity index is 1.45. The van der Waals surface area contributed by atoms with Crippen molar-refractivity contribution in [2.45, 2.75) is 38.2 Å². The lowest BCUT2D eigenvalue weighted by atomic mass is 9.90. The van der Waals surface area contributed by atoms with Gasteiger partial charge in [-0.05, 0) is 61.0 Å². The van der Waals surface area contributed by atoms with Crippen molar-refractivity contribution in [3.05, 3.63) is 88.9 Å². The maximum Gasteiger partial charge on any atom is 0.271 e. The van der Waals surface area contributed by atoms with E-state index in [-0.39, 0.29) is 23.1 Å². The molecule has 1 unspecified atom stereocenters. The zero-order valence-corrected chi connectivity index (χ0v) is 20.7. The van der Waals surface area contributed by atoms with Crippen molar-refractivity contribution in [3.8, 4) is 21.9 Å². The number of nitrogens with one attached hydrogen (secondary N) is 1. The van der Waals surface area contributed by atoms with Crippen LogP contribution in [0.3, 0.4) is 0 Å². The number of amides is 1. The van der Waals surface area contributed by atoms with Crippen LogP contribution in [0.5, 0.6) is 0 Å². The van der Waals surface area contributed by atoms with Gasteiger partial charge in [-0.25, -0.2) is 18.2 Å². The highest BCUT2D eigenvalue weighted by molar-refractivity contribution is 7.15. The summed E-state index contributed by atoms with van der Waals surface area (Å²) in [7, 11) is 0. The van der Waals surface area contributed by atoms with Crippen molar-refractivity contribution in [2.75, 3.05) is 6.54 Å². The van der Waals surface area contributed by atoms with Crippen LogP contribution in [0.2, 0.25) is 0 Å². The van der Waals surface area contributed by atoms with Crippen molar-refractivity contribution in [2.24, 2.45) is 0 Å². The molecule has 0 saturated carbocycles. The number of nitrogens with zero attached hydrogens (tertiary/aromatic N) is 1. The van der Waals surface area contributed by atoms with Gasteiger partial charge in [0.25, 0.3) is 12.3 Å². The standard InChI is InChI=1S/C27H25F3N2O3S/c1-26(2,21-14-35-24(32-21)16-7-9-19(28)10-8-16)15-31-23(33)18-6-4-5-17(13-18)20-11-12-22(36-20)27(3,34)25(29)30/h4-14,25,34H,15H2,1-3H3,(H,31,33). The van der Waals surface area contributed by atoms with Crippen molar-refractivity contribution in [1.82, 2.24) is 10.3 Å². The molecule has 5 nitrogen and oxygen atoms in total. The summed E-state index contributed by atoms with van der Waals surface area (Å²) in [6.45, 7) is 5.18. The number of carbonyl (C=O) groups is 1. The van der Waals surface area contributed by atoms with Crippen LogP contribution in [0.4, 0.5) is 13.2 Å². The molecule has 0 aliphatic rings. The van der Waals surface area contributed by atoms with E-state index >= 15 is 0 Å². The van der Waals surface area contributed by atoms with Crippen LogP contribution in [0.15, 0.2) is 71.3 Å². The fraction of sp³-hybridized carbons (Fsp3) is 0.259. The molecular weight excluding hydrogens is 489 g/mol. The van der Waals surface area contributed by atoms with E-state index < -0.39 is 17.4 Å². The van der Waals surface area contributed by atoms with Gasteiger partial charge in [0.1, 0.15) is 12.1 Å². The number of hydrogen-bond acceptors (Lipinski definition) is 5. The van der Waals surface area contributed by atoms with Crippen LogP contribution >= 0.6 is 11.3 Å². The van der Waals surface area contributed by atoms with Gasteiger partial charge in [-0.1, -0.05) is 26.0 Å². The fourth-order valence-electron chi connectivity index (χ4n) is 3.49. The summed E-state index contributed by atoms with van der Waals surface area (Å²) in [6, 6.07) is 15.8. The first-order chi connectivity index (χ1) is 17.0. The monoisotopic (exact) mass is 514 g/mol. The number of aromatic nitrogens is 1. The third kappa shape index (κ3) is 5.37. The highest BCUT2D eigenvalue weighted by Crippen LogP contribution is 2.37. The van der Waals surface area contributed by atoms with E-state index in [1.807, 2.05) is 13.8 Å². The van der Waals surface area contributed by atoms with E-state index in [9.17, 15) is 23.1 Å². The quantitative estimate of drug-likeness (QED) is 0.286. The van der Waals surface area contributed by atoms with Crippen LogP contribution in [-0.4, -0.2) is 29.0 Å². The van der Waals surface area contributed by atoms with Gasteiger partial charge >= 0.3 is 0 Å². The Bertz CT molecular complexity index is 1360. The lowest BCUT2D eigenvalue weighted by Gasteiger charge is -2.22. The summed E-state index contributed by atoms with van der Waals surface area (Å²) in [5, 5.41) is 13.0. The Morgan fingerprint density at radius 2 is 1.81 bits per heavy atom. The molecular formula is C27H25F3N2O3S. The van der Waals surface area contributed by atoms with Crippen LogP contribution in [-0.2, 0) is 11.0 Å². The van der Waals surface area contributed by atoms with Gasteiger partial charge in [0, 0.05) is 32.8 Å². The molecule has 0 fully saturated rings. The first-order valence-electron chi connectivity index (χ1n) is 11.2. The Hall–Kier alpha value is -3.43. The smallest absolute Gasteiger partial charge is 0.271 e. The molecule has 0 radical (unpaired) electrons. The average Bonchev–Trinajstić information content (AvgIpc) is 3.54. The molecule has 2 heterocycles. The second kappa shape index (κ2) is 9.91. The first kappa shape index (κ1) is 25.7. The molecule has 2 aromatic carbocycles. The van der Waals surface area contributed by atoms with Gasteiger partial charge in [0.2, 0.25) is 5.89 Å². The predicted molar refractivity (Wildman–Crippen MR) is 133 cm³/mol. The maximum atomic E-state index is 13.2. The third-order valence-corrected chi connectivity index (χ3v) is 7.28. The van der Waals surface area contributed by atoms with Crippen LogP contribution in [0.25, 0.3) is 21.9 Å². The Kier molecular flexibility index (Phi) is 7.06. The molecule has 4 aromatic rings. The van der Waals surface area contributed by atoms with E-state index in [1.165, 1.54) is 24.5 Å². The number of carbonyl (C=O) groups excluding carboxylic acids is 1. The lowest BCUT2D eigenvalue weighted by molar-refractivity contribution is -0.0858. The van der Waals surface area contributed by atoms with Crippen LogP contribution in [0, 0.1) is 5.82 Å². The number of hydrogen-bond donors (Lipinski definition) is 2. The zero-order valence-electron chi connectivity index (χ0n) is 19.9. The average molecular weight is 515 g/mol. The van der Waals surface area contributed by atoms with E-state index in [0.29, 0.717) is 33.2 Å². The molecule has 0 bridgehead atoms. The maximum absolute atomic E-state index is 13.2. The summed E-state index contributed by atoms with van der Waals surface area (Å²) in [6.07, 6.45) is -1.39. The summed E-state index contributed by atoms with van der Waals surface area (Å²) >= 11 is 1.06. The van der Waals surface area contributed by atoms with E-state index in [4.69, 9.17) is 4.42 Å². The molecule has 0 saturated heterocycles. The highest BCUT2D eigenvalue weighted by Gasteiger charge is 2.35. The molecule has 188 valence electrons. The summed E-state index contributed by atoms with van der Waals surface area (Å²) in [4.78, 5) is 18.2. The summed E-state index contributed by atoms with van der Waals surface area (Å²) < 4.78 is 45.1. The SMILES string of the molecule is CC(C)(CNC(=O)c1cccc(-c2ccc(C(C)(O)C(F)F)s2)c1)c1coc(-c2ccc(F)cc2)n1. The molecule has 36 heavy (non-hydrogen) atoms. The number of alkyl halides is 2. The number of oxazole rings is 1. The second-order valence-electron chi connectivity index (χ2n) is 9.30. The largest absolute Gasteiger partial charge is 0.444 e. The minimum absolute atomic E-state index is 0.150. The molecule has 0 aliphatic heterocycles. The van der Waals surface area contributed by atoms with Crippen LogP contribution < -0.4 is 5.32 Å². The molecule has 4 rings (SSSR count). The predicted octanol–water partition coefficient (Wildman–Crippen LogP) is 6.39. The first-order valence-corrected chi connectivity index (χ1v) is 12.0. The highest BCUT2D eigenvalue weighted by atomic mass is 32.1. The van der Waals surface area contributed by atoms with Crippen molar-refractivity contribution < 1.29 is 27.5 Å². The lowest BCUT2D eigenvalue weighted by Crippen LogP contribution is -2.36. The van der Waals surface area contributed by atoms with Crippen molar-refractivity contribution in [3.63, 3.8) is 0 Å². The van der Waals surface area contributed by atoms with Gasteiger partial charge in [-0.3, -0.25) is 4.79 Å². The molecule has 2 N–H and O–H groups in total. The Labute approximate surface area is 210 Å². The number of rotatable bonds is 8. The molecule has 9 heteroatoms. The normalized spacial score (nSPS) is 13.6. The fourth-order valence-corrected chi connectivity index (χ4v) is 4.54. The second-order valence-corrected chi connectivity index (χ2v) is 10.4. The zero-order chi connectivity index (χ0) is 26.1. The Morgan fingerprint density at radius 1 is 1.08 bits per heavy atom. The molecule has 2 aromatic heterocycles. The number of halogens is 3. The number of benzene rings is 2. The van der Waals surface area contributed by atoms with E-state index in [0.717, 1.165) is 18.3 Å². The molecule has 0 spiro atoms. The van der Waals surface area contributed by atoms with E-state index in [1.54, 1.807) is 42.5 Å². The number of aliphatic hydroxyl groups is 1. The molecule has 1 atom stereocenters. The van der Waals surface area contributed by atoms with Gasteiger partial charge in [0.15, 0.2) is 5.60 Å². The van der Waals surface area contributed by atoms with Gasteiger partial charge in [-0.2, -0.15) is 0 Å².